The topological polar surface area (TPSA) is 85.2 Å². The summed E-state index contributed by atoms with van der Waals surface area (Å²) in [4.78, 5) is 15.6. The maximum Gasteiger partial charge on any atom is 0.254 e. The van der Waals surface area contributed by atoms with E-state index in [4.69, 9.17) is 4.52 Å². The number of fused-ring (bicyclic) bond motifs is 1. The molecule has 0 aliphatic carbocycles. The average molecular weight is 393 g/mol. The number of hydrogen-bond donors (Lipinski definition) is 0. The zero-order valence-electron chi connectivity index (χ0n) is 16.0. The summed E-state index contributed by atoms with van der Waals surface area (Å²) in [6.07, 6.45) is 4.32. The summed E-state index contributed by atoms with van der Waals surface area (Å²) in [5, 5.41) is 8.43. The van der Waals surface area contributed by atoms with Crippen molar-refractivity contribution in [3.05, 3.63) is 54.1 Å². The highest BCUT2D eigenvalue weighted by atomic mass is 19.1. The molecule has 0 radical (unpaired) electrons. The largest absolute Gasteiger partial charge is 0.356 e. The van der Waals surface area contributed by atoms with Crippen LogP contribution in [0.4, 0.5) is 10.2 Å². The molecule has 0 spiro atoms. The van der Waals surface area contributed by atoms with E-state index in [-0.39, 0.29) is 11.7 Å². The Bertz CT molecular complexity index is 1140. The molecule has 1 aliphatic heterocycles. The van der Waals surface area contributed by atoms with Crippen molar-refractivity contribution in [1.29, 1.82) is 0 Å². The first-order chi connectivity index (χ1) is 14.2. The van der Waals surface area contributed by atoms with Gasteiger partial charge in [-0.1, -0.05) is 12.1 Å². The van der Waals surface area contributed by atoms with E-state index < -0.39 is 0 Å². The van der Waals surface area contributed by atoms with E-state index in [0.29, 0.717) is 17.5 Å². The summed E-state index contributed by atoms with van der Waals surface area (Å²) in [6, 6.07) is 8.17. The highest BCUT2D eigenvalue weighted by Gasteiger charge is 2.28. The number of aromatic nitrogens is 6. The molecule has 9 heteroatoms. The molecule has 0 bridgehead atoms. The Morgan fingerprint density at radius 2 is 2.07 bits per heavy atom. The molecule has 148 valence electrons. The number of anilines is 1. The van der Waals surface area contributed by atoms with Gasteiger partial charge >= 0.3 is 0 Å². The van der Waals surface area contributed by atoms with E-state index in [1.54, 1.807) is 16.6 Å². The Labute approximate surface area is 166 Å². The number of aryl methyl sites for hydroxylation is 1. The minimum Gasteiger partial charge on any atom is -0.356 e. The van der Waals surface area contributed by atoms with Crippen LogP contribution in [0.3, 0.4) is 0 Å². The van der Waals surface area contributed by atoms with Gasteiger partial charge in [-0.2, -0.15) is 19.6 Å². The molecule has 29 heavy (non-hydrogen) atoms. The summed E-state index contributed by atoms with van der Waals surface area (Å²) in [5.74, 6) is 2.50. The molecular weight excluding hydrogens is 373 g/mol. The van der Waals surface area contributed by atoms with Crippen molar-refractivity contribution < 1.29 is 8.91 Å². The lowest BCUT2D eigenvalue weighted by Crippen LogP contribution is -2.36. The highest BCUT2D eigenvalue weighted by molar-refractivity contribution is 5.54. The van der Waals surface area contributed by atoms with Gasteiger partial charge in [0.25, 0.3) is 5.78 Å². The Morgan fingerprint density at radius 1 is 1.21 bits per heavy atom. The zero-order valence-corrected chi connectivity index (χ0v) is 16.0. The predicted molar refractivity (Wildman–Crippen MR) is 104 cm³/mol. The lowest BCUT2D eigenvalue weighted by molar-refractivity contribution is 0.333. The van der Waals surface area contributed by atoms with Gasteiger partial charge < -0.3 is 9.42 Å². The van der Waals surface area contributed by atoms with Gasteiger partial charge in [-0.3, -0.25) is 0 Å². The van der Waals surface area contributed by atoms with Crippen molar-refractivity contribution >= 4 is 11.6 Å². The predicted octanol–water partition coefficient (Wildman–Crippen LogP) is 3.26. The molecule has 1 unspecified atom stereocenters. The Hall–Kier alpha value is -3.36. The van der Waals surface area contributed by atoms with Gasteiger partial charge in [0.15, 0.2) is 0 Å². The SMILES string of the molecule is CCc1cc(N2CCCC(c3nc(-c4ccc(F)cc4)no3)C2)n2ncnc2n1. The van der Waals surface area contributed by atoms with Gasteiger partial charge in [0.05, 0.1) is 5.92 Å². The number of piperidine rings is 1. The van der Waals surface area contributed by atoms with Crippen LogP contribution in [0.15, 0.2) is 41.2 Å². The normalized spacial score (nSPS) is 17.2. The van der Waals surface area contributed by atoms with Crippen molar-refractivity contribution in [1.82, 2.24) is 29.7 Å². The zero-order chi connectivity index (χ0) is 19.8. The van der Waals surface area contributed by atoms with Gasteiger partial charge in [0.2, 0.25) is 11.7 Å². The van der Waals surface area contributed by atoms with Crippen molar-refractivity contribution in [2.75, 3.05) is 18.0 Å². The van der Waals surface area contributed by atoms with Crippen molar-refractivity contribution in [3.8, 4) is 11.4 Å². The number of nitrogens with zero attached hydrogens (tertiary/aromatic N) is 7. The third-order valence-corrected chi connectivity index (χ3v) is 5.29. The summed E-state index contributed by atoms with van der Waals surface area (Å²) in [5.41, 5.74) is 1.72. The molecule has 0 saturated carbocycles. The Balaban J connectivity index is 1.42. The third-order valence-electron chi connectivity index (χ3n) is 5.29. The molecular formula is C20H20FN7O. The van der Waals surface area contributed by atoms with E-state index in [9.17, 15) is 4.39 Å². The first-order valence-corrected chi connectivity index (χ1v) is 9.75. The second kappa shape index (κ2) is 7.23. The van der Waals surface area contributed by atoms with Crippen LogP contribution in [0.25, 0.3) is 17.2 Å². The van der Waals surface area contributed by atoms with E-state index in [0.717, 1.165) is 49.4 Å². The molecule has 3 aromatic heterocycles. The van der Waals surface area contributed by atoms with Gasteiger partial charge in [-0.25, -0.2) is 9.37 Å². The quantitative estimate of drug-likeness (QED) is 0.526. The van der Waals surface area contributed by atoms with E-state index in [1.165, 1.54) is 18.5 Å². The number of rotatable bonds is 4. The molecule has 0 N–H and O–H groups in total. The fourth-order valence-electron chi connectivity index (χ4n) is 3.75. The number of hydrogen-bond acceptors (Lipinski definition) is 7. The fraction of sp³-hybridized carbons (Fsp3) is 0.350. The molecule has 5 rings (SSSR count). The molecule has 8 nitrogen and oxygen atoms in total. The van der Waals surface area contributed by atoms with Crippen LogP contribution in [0, 0.1) is 5.82 Å². The van der Waals surface area contributed by atoms with Crippen LogP contribution < -0.4 is 4.90 Å². The van der Waals surface area contributed by atoms with Gasteiger partial charge in [0.1, 0.15) is 18.0 Å². The smallest absolute Gasteiger partial charge is 0.254 e. The third kappa shape index (κ3) is 3.32. The van der Waals surface area contributed by atoms with Crippen molar-refractivity contribution in [2.45, 2.75) is 32.1 Å². The monoisotopic (exact) mass is 393 g/mol. The molecule has 0 amide bonds. The Kier molecular flexibility index (Phi) is 4.42. The lowest BCUT2D eigenvalue weighted by Gasteiger charge is -2.32. The van der Waals surface area contributed by atoms with E-state index in [1.807, 2.05) is 0 Å². The van der Waals surface area contributed by atoms with Crippen LogP contribution >= 0.6 is 0 Å². The molecule has 1 fully saturated rings. The number of halogens is 1. The first kappa shape index (κ1) is 17.7. The average Bonchev–Trinajstić information content (AvgIpc) is 3.43. The van der Waals surface area contributed by atoms with Gasteiger partial charge in [-0.05, 0) is 43.5 Å². The second-order valence-electron chi connectivity index (χ2n) is 7.18. The Morgan fingerprint density at radius 3 is 2.90 bits per heavy atom. The van der Waals surface area contributed by atoms with Crippen LogP contribution in [0.2, 0.25) is 0 Å². The van der Waals surface area contributed by atoms with Crippen LogP contribution in [0.5, 0.6) is 0 Å². The summed E-state index contributed by atoms with van der Waals surface area (Å²) in [7, 11) is 0. The summed E-state index contributed by atoms with van der Waals surface area (Å²) >= 11 is 0. The molecule has 4 aromatic rings. The van der Waals surface area contributed by atoms with Crippen molar-refractivity contribution in [3.63, 3.8) is 0 Å². The molecule has 1 aliphatic rings. The minimum atomic E-state index is -0.288. The van der Waals surface area contributed by atoms with E-state index >= 15 is 0 Å². The maximum absolute atomic E-state index is 13.2. The molecule has 1 aromatic carbocycles. The first-order valence-electron chi connectivity index (χ1n) is 9.75. The summed E-state index contributed by atoms with van der Waals surface area (Å²) in [6.45, 7) is 3.73. The minimum absolute atomic E-state index is 0.113. The molecule has 4 heterocycles. The van der Waals surface area contributed by atoms with Crippen LogP contribution in [-0.4, -0.2) is 42.8 Å². The van der Waals surface area contributed by atoms with Crippen molar-refractivity contribution in [2.24, 2.45) is 0 Å². The van der Waals surface area contributed by atoms with E-state index in [2.05, 4.69) is 43.1 Å². The van der Waals surface area contributed by atoms with Gasteiger partial charge in [0, 0.05) is 30.4 Å². The van der Waals surface area contributed by atoms with Gasteiger partial charge in [-0.15, -0.1) is 0 Å². The lowest BCUT2D eigenvalue weighted by atomic mass is 9.98. The second-order valence-corrected chi connectivity index (χ2v) is 7.18. The summed E-state index contributed by atoms with van der Waals surface area (Å²) < 4.78 is 20.5. The fourth-order valence-corrected chi connectivity index (χ4v) is 3.75. The van der Waals surface area contributed by atoms with Crippen LogP contribution in [-0.2, 0) is 6.42 Å². The standard InChI is InChI=1S/C20H20FN7O/c1-2-16-10-17(28-20(24-16)22-12-23-28)27-9-3-4-14(11-27)19-25-18(26-29-19)13-5-7-15(21)8-6-13/h5-8,10,12,14H,2-4,9,11H2,1H3. The molecule has 1 atom stereocenters. The highest BCUT2D eigenvalue weighted by Crippen LogP contribution is 2.30. The van der Waals surface area contributed by atoms with Crippen LogP contribution in [0.1, 0.15) is 37.3 Å². The number of benzene rings is 1. The molecule has 1 saturated heterocycles. The maximum atomic E-state index is 13.2.